The van der Waals surface area contributed by atoms with E-state index in [1.54, 1.807) is 12.4 Å². The zero-order valence-corrected chi connectivity index (χ0v) is 14.3. The van der Waals surface area contributed by atoms with Crippen LogP contribution in [-0.2, 0) is 11.2 Å². The molecule has 0 unspecified atom stereocenters. The summed E-state index contributed by atoms with van der Waals surface area (Å²) in [7, 11) is 0. The van der Waals surface area contributed by atoms with Crippen LogP contribution in [0.5, 0.6) is 0 Å². The Morgan fingerprint density at radius 1 is 1.25 bits per heavy atom. The first-order chi connectivity index (χ1) is 11.7. The maximum Gasteiger partial charge on any atom is 0.254 e. The monoisotopic (exact) mass is 330 g/mol. The standard InChI is InChI=1S/C18H26N4O2/c1-2-16-19-9-14(10-20-16)18(24)21-15-8-17(23)22(12-15)11-13-6-4-3-5-7-13/h9-10,13,15H,2-8,11-12H2,1H3,(H,21,24)/t15-/m0/s1. The van der Waals surface area contributed by atoms with Gasteiger partial charge in [-0.05, 0) is 18.8 Å². The molecule has 2 aliphatic rings. The molecule has 1 aromatic heterocycles. The van der Waals surface area contributed by atoms with Crippen LogP contribution in [0.15, 0.2) is 12.4 Å². The van der Waals surface area contributed by atoms with Gasteiger partial charge < -0.3 is 10.2 Å². The number of amides is 2. The van der Waals surface area contributed by atoms with Gasteiger partial charge in [-0.25, -0.2) is 9.97 Å². The van der Waals surface area contributed by atoms with E-state index in [0.717, 1.165) is 18.8 Å². The van der Waals surface area contributed by atoms with E-state index >= 15 is 0 Å². The number of nitrogens with zero attached hydrogens (tertiary/aromatic N) is 3. The van der Waals surface area contributed by atoms with Gasteiger partial charge in [0.1, 0.15) is 5.82 Å². The average Bonchev–Trinajstić information content (AvgIpc) is 2.95. The Hall–Kier alpha value is -1.98. The minimum absolute atomic E-state index is 0.112. The second-order valence-electron chi connectivity index (χ2n) is 6.92. The van der Waals surface area contributed by atoms with E-state index in [1.165, 1.54) is 32.1 Å². The van der Waals surface area contributed by atoms with Crippen molar-refractivity contribution in [1.82, 2.24) is 20.2 Å². The lowest BCUT2D eigenvalue weighted by molar-refractivity contribution is -0.128. The molecular formula is C18H26N4O2. The van der Waals surface area contributed by atoms with Gasteiger partial charge in [0.05, 0.1) is 11.6 Å². The number of aromatic nitrogens is 2. The molecular weight excluding hydrogens is 304 g/mol. The Morgan fingerprint density at radius 2 is 1.96 bits per heavy atom. The Bertz CT molecular complexity index is 581. The number of likely N-dealkylation sites (tertiary alicyclic amines) is 1. The third kappa shape index (κ3) is 4.10. The van der Waals surface area contributed by atoms with Gasteiger partial charge in [0, 0.05) is 38.3 Å². The zero-order chi connectivity index (χ0) is 16.9. The Labute approximate surface area is 143 Å². The van der Waals surface area contributed by atoms with Crippen LogP contribution in [-0.4, -0.2) is 45.8 Å². The molecule has 0 bridgehead atoms. The van der Waals surface area contributed by atoms with Crippen LogP contribution in [0.3, 0.4) is 0 Å². The van der Waals surface area contributed by atoms with Crippen molar-refractivity contribution >= 4 is 11.8 Å². The summed E-state index contributed by atoms with van der Waals surface area (Å²) in [6, 6.07) is -0.112. The lowest BCUT2D eigenvalue weighted by Gasteiger charge is -2.27. The molecule has 1 aliphatic carbocycles. The van der Waals surface area contributed by atoms with Crippen molar-refractivity contribution in [1.29, 1.82) is 0 Å². The maximum atomic E-state index is 12.3. The van der Waals surface area contributed by atoms with Crippen LogP contribution >= 0.6 is 0 Å². The zero-order valence-electron chi connectivity index (χ0n) is 14.3. The third-order valence-corrected chi connectivity index (χ3v) is 5.04. The predicted octanol–water partition coefficient (Wildman–Crippen LogP) is 1.95. The highest BCUT2D eigenvalue weighted by molar-refractivity contribution is 5.94. The minimum atomic E-state index is -0.199. The molecule has 6 heteroatoms. The highest BCUT2D eigenvalue weighted by atomic mass is 16.2. The van der Waals surface area contributed by atoms with E-state index in [0.29, 0.717) is 24.4 Å². The Balaban J connectivity index is 1.52. The van der Waals surface area contributed by atoms with E-state index in [9.17, 15) is 9.59 Å². The van der Waals surface area contributed by atoms with E-state index in [1.807, 2.05) is 11.8 Å². The number of rotatable bonds is 5. The smallest absolute Gasteiger partial charge is 0.254 e. The molecule has 1 N–H and O–H groups in total. The van der Waals surface area contributed by atoms with Crippen molar-refractivity contribution in [2.45, 2.75) is 57.9 Å². The van der Waals surface area contributed by atoms with E-state index < -0.39 is 0 Å². The van der Waals surface area contributed by atoms with Crippen molar-refractivity contribution in [2.24, 2.45) is 5.92 Å². The molecule has 130 valence electrons. The molecule has 0 aromatic carbocycles. The van der Waals surface area contributed by atoms with Crippen molar-refractivity contribution < 1.29 is 9.59 Å². The summed E-state index contributed by atoms with van der Waals surface area (Å²) in [6.07, 6.45) is 10.6. The van der Waals surface area contributed by atoms with Crippen LogP contribution in [0, 0.1) is 5.92 Å². The molecule has 1 saturated carbocycles. The summed E-state index contributed by atoms with van der Waals surface area (Å²) in [5.74, 6) is 1.31. The quantitative estimate of drug-likeness (QED) is 0.895. The van der Waals surface area contributed by atoms with Gasteiger partial charge in [-0.2, -0.15) is 0 Å². The van der Waals surface area contributed by atoms with E-state index in [2.05, 4.69) is 15.3 Å². The first-order valence-electron chi connectivity index (χ1n) is 9.05. The van der Waals surface area contributed by atoms with Crippen LogP contribution in [0.1, 0.15) is 61.6 Å². The molecule has 2 fully saturated rings. The topological polar surface area (TPSA) is 75.2 Å². The molecule has 0 radical (unpaired) electrons. The number of hydrogen-bond acceptors (Lipinski definition) is 4. The molecule has 1 aromatic rings. The normalized spacial score (nSPS) is 22.0. The number of hydrogen-bond donors (Lipinski definition) is 1. The van der Waals surface area contributed by atoms with Gasteiger partial charge in [0.2, 0.25) is 5.91 Å². The molecule has 0 spiro atoms. The van der Waals surface area contributed by atoms with Crippen molar-refractivity contribution in [3.05, 3.63) is 23.8 Å². The minimum Gasteiger partial charge on any atom is -0.347 e. The fourth-order valence-electron chi connectivity index (χ4n) is 3.65. The summed E-state index contributed by atoms with van der Waals surface area (Å²) in [5, 5.41) is 2.95. The first-order valence-corrected chi connectivity index (χ1v) is 9.05. The number of aryl methyl sites for hydroxylation is 1. The van der Waals surface area contributed by atoms with Crippen molar-refractivity contribution in [2.75, 3.05) is 13.1 Å². The molecule has 2 heterocycles. The van der Waals surface area contributed by atoms with Crippen LogP contribution < -0.4 is 5.32 Å². The summed E-state index contributed by atoms with van der Waals surface area (Å²) in [4.78, 5) is 34.7. The number of nitrogens with one attached hydrogen (secondary N) is 1. The number of carbonyl (C=O) groups is 2. The molecule has 24 heavy (non-hydrogen) atoms. The maximum absolute atomic E-state index is 12.3. The van der Waals surface area contributed by atoms with Gasteiger partial charge in [-0.3, -0.25) is 9.59 Å². The van der Waals surface area contributed by atoms with Crippen LogP contribution in [0.4, 0.5) is 0 Å². The Morgan fingerprint density at radius 3 is 2.62 bits per heavy atom. The van der Waals surface area contributed by atoms with E-state index in [4.69, 9.17) is 0 Å². The fraction of sp³-hybridized carbons (Fsp3) is 0.667. The van der Waals surface area contributed by atoms with E-state index in [-0.39, 0.29) is 17.9 Å². The Kier molecular flexibility index (Phi) is 5.43. The van der Waals surface area contributed by atoms with Gasteiger partial charge >= 0.3 is 0 Å². The van der Waals surface area contributed by atoms with Gasteiger partial charge in [-0.15, -0.1) is 0 Å². The summed E-state index contributed by atoms with van der Waals surface area (Å²) in [5.41, 5.74) is 0.449. The molecule has 3 rings (SSSR count). The summed E-state index contributed by atoms with van der Waals surface area (Å²) in [6.45, 7) is 3.44. The van der Waals surface area contributed by atoms with Crippen LogP contribution in [0.25, 0.3) is 0 Å². The van der Waals surface area contributed by atoms with Gasteiger partial charge in [0.15, 0.2) is 0 Å². The van der Waals surface area contributed by atoms with Gasteiger partial charge in [0.25, 0.3) is 5.91 Å². The highest BCUT2D eigenvalue weighted by Crippen LogP contribution is 2.26. The van der Waals surface area contributed by atoms with Gasteiger partial charge in [-0.1, -0.05) is 26.2 Å². The van der Waals surface area contributed by atoms with Crippen molar-refractivity contribution in [3.63, 3.8) is 0 Å². The largest absolute Gasteiger partial charge is 0.347 e. The SMILES string of the molecule is CCc1ncc(C(=O)N[C@H]2CC(=O)N(CC3CCCCC3)C2)cn1. The average molecular weight is 330 g/mol. The van der Waals surface area contributed by atoms with Crippen LogP contribution in [0.2, 0.25) is 0 Å². The highest BCUT2D eigenvalue weighted by Gasteiger charge is 2.32. The molecule has 1 atom stereocenters. The first kappa shape index (κ1) is 16.9. The second kappa shape index (κ2) is 7.73. The fourth-order valence-corrected chi connectivity index (χ4v) is 3.65. The van der Waals surface area contributed by atoms with Crippen molar-refractivity contribution in [3.8, 4) is 0 Å². The molecule has 1 aliphatic heterocycles. The lowest BCUT2D eigenvalue weighted by atomic mass is 9.89. The molecule has 1 saturated heterocycles. The second-order valence-corrected chi connectivity index (χ2v) is 6.92. The number of carbonyl (C=O) groups excluding carboxylic acids is 2. The molecule has 2 amide bonds. The summed E-state index contributed by atoms with van der Waals surface area (Å²) >= 11 is 0. The molecule has 6 nitrogen and oxygen atoms in total. The third-order valence-electron chi connectivity index (χ3n) is 5.04. The lowest BCUT2D eigenvalue weighted by Crippen LogP contribution is -2.38. The summed E-state index contributed by atoms with van der Waals surface area (Å²) < 4.78 is 0. The predicted molar refractivity (Wildman–Crippen MR) is 90.4 cm³/mol.